The van der Waals surface area contributed by atoms with Crippen molar-refractivity contribution >= 4 is 0 Å². The summed E-state index contributed by atoms with van der Waals surface area (Å²) in [4.78, 5) is 0. The van der Waals surface area contributed by atoms with Crippen molar-refractivity contribution in [2.75, 3.05) is 0 Å². The van der Waals surface area contributed by atoms with E-state index in [1.807, 2.05) is 11.7 Å². The van der Waals surface area contributed by atoms with E-state index in [9.17, 15) is 0 Å². The molecule has 1 aromatic heterocycles. The molecular weight excluding hydrogens is 246 g/mol. The molecule has 1 saturated carbocycles. The van der Waals surface area contributed by atoms with Crippen LogP contribution in [0.5, 0.6) is 0 Å². The molecule has 0 spiro atoms. The van der Waals surface area contributed by atoms with Crippen LogP contribution < -0.4 is 5.32 Å². The number of nitrogens with zero attached hydrogens (tertiary/aromatic N) is 2. The van der Waals surface area contributed by atoms with Gasteiger partial charge in [0.25, 0.3) is 0 Å². The van der Waals surface area contributed by atoms with Gasteiger partial charge in [0.2, 0.25) is 0 Å². The minimum atomic E-state index is 0.118. The number of aromatic nitrogens is 2. The lowest BCUT2D eigenvalue weighted by Crippen LogP contribution is -2.34. The van der Waals surface area contributed by atoms with Gasteiger partial charge in [-0.25, -0.2) is 0 Å². The van der Waals surface area contributed by atoms with Crippen LogP contribution in [-0.2, 0) is 19.0 Å². The Hall–Kier alpha value is -0.830. The average Bonchev–Trinajstić information content (AvgIpc) is 2.61. The smallest absolute Gasteiger partial charge is 0.0722 e. The number of hydrogen-bond acceptors (Lipinski definition) is 2. The number of aryl methyl sites for hydroxylation is 1. The van der Waals surface area contributed by atoms with Gasteiger partial charge in [-0.2, -0.15) is 5.10 Å². The molecule has 0 aliphatic heterocycles. The van der Waals surface area contributed by atoms with Gasteiger partial charge in [0.15, 0.2) is 0 Å². The monoisotopic (exact) mass is 277 g/mol. The Morgan fingerprint density at radius 1 is 1.25 bits per heavy atom. The SMILES string of the molecule is CC1CCCCCC1NCc1cn(C)nc1C(C)(C)C. The summed E-state index contributed by atoms with van der Waals surface area (Å²) in [5, 5.41) is 8.46. The summed E-state index contributed by atoms with van der Waals surface area (Å²) in [6.07, 6.45) is 9.06. The standard InChI is InChI=1S/C17H31N3/c1-13-9-7-6-8-10-15(13)18-11-14-12-20(5)19-16(14)17(2,3)4/h12-13,15,18H,6-11H2,1-5H3. The molecular formula is C17H31N3. The predicted octanol–water partition coefficient (Wildman–Crippen LogP) is 3.78. The maximum Gasteiger partial charge on any atom is 0.0722 e. The molecule has 3 nitrogen and oxygen atoms in total. The van der Waals surface area contributed by atoms with Crippen LogP contribution in [0.4, 0.5) is 0 Å². The van der Waals surface area contributed by atoms with Gasteiger partial charge in [-0.15, -0.1) is 0 Å². The Morgan fingerprint density at radius 3 is 2.65 bits per heavy atom. The number of hydrogen-bond donors (Lipinski definition) is 1. The molecule has 1 fully saturated rings. The van der Waals surface area contributed by atoms with Gasteiger partial charge in [0.05, 0.1) is 5.69 Å². The second-order valence-corrected chi connectivity index (χ2v) is 7.53. The highest BCUT2D eigenvalue weighted by Crippen LogP contribution is 2.26. The molecule has 0 saturated heterocycles. The summed E-state index contributed by atoms with van der Waals surface area (Å²) < 4.78 is 1.95. The van der Waals surface area contributed by atoms with Crippen molar-refractivity contribution in [2.24, 2.45) is 13.0 Å². The van der Waals surface area contributed by atoms with E-state index in [4.69, 9.17) is 0 Å². The third-order valence-corrected chi connectivity index (χ3v) is 4.53. The van der Waals surface area contributed by atoms with Crippen molar-refractivity contribution in [3.63, 3.8) is 0 Å². The summed E-state index contributed by atoms with van der Waals surface area (Å²) in [6.45, 7) is 10.1. The van der Waals surface area contributed by atoms with Gasteiger partial charge < -0.3 is 5.32 Å². The van der Waals surface area contributed by atoms with Crippen molar-refractivity contribution in [1.29, 1.82) is 0 Å². The number of nitrogens with one attached hydrogen (secondary N) is 1. The van der Waals surface area contributed by atoms with Crippen LogP contribution in [0.3, 0.4) is 0 Å². The van der Waals surface area contributed by atoms with Crippen molar-refractivity contribution in [3.8, 4) is 0 Å². The molecule has 2 unspecified atom stereocenters. The fourth-order valence-corrected chi connectivity index (χ4v) is 3.34. The van der Waals surface area contributed by atoms with Gasteiger partial charge in [-0.1, -0.05) is 47.0 Å². The fraction of sp³-hybridized carbons (Fsp3) is 0.824. The molecule has 1 aromatic rings. The Kier molecular flexibility index (Phi) is 4.90. The maximum absolute atomic E-state index is 4.66. The van der Waals surface area contributed by atoms with E-state index < -0.39 is 0 Å². The van der Waals surface area contributed by atoms with E-state index in [-0.39, 0.29) is 5.41 Å². The molecule has 114 valence electrons. The topological polar surface area (TPSA) is 29.9 Å². The van der Waals surface area contributed by atoms with Crippen LogP contribution in [0.25, 0.3) is 0 Å². The largest absolute Gasteiger partial charge is 0.310 e. The minimum Gasteiger partial charge on any atom is -0.310 e. The van der Waals surface area contributed by atoms with E-state index in [1.165, 1.54) is 43.4 Å². The molecule has 3 heteroatoms. The molecule has 2 rings (SSSR count). The maximum atomic E-state index is 4.66. The van der Waals surface area contributed by atoms with Gasteiger partial charge >= 0.3 is 0 Å². The molecule has 0 aromatic carbocycles. The van der Waals surface area contributed by atoms with Crippen molar-refractivity contribution < 1.29 is 0 Å². The van der Waals surface area contributed by atoms with Crippen LogP contribution in [0.2, 0.25) is 0 Å². The first-order chi connectivity index (χ1) is 9.38. The zero-order chi connectivity index (χ0) is 14.8. The first-order valence-electron chi connectivity index (χ1n) is 8.14. The van der Waals surface area contributed by atoms with Crippen molar-refractivity contribution in [1.82, 2.24) is 15.1 Å². The molecule has 20 heavy (non-hydrogen) atoms. The quantitative estimate of drug-likeness (QED) is 0.852. The van der Waals surface area contributed by atoms with Crippen LogP contribution >= 0.6 is 0 Å². The van der Waals surface area contributed by atoms with E-state index in [0.29, 0.717) is 6.04 Å². The molecule has 1 aliphatic rings. The predicted molar refractivity (Wildman–Crippen MR) is 84.8 cm³/mol. The van der Waals surface area contributed by atoms with Crippen molar-refractivity contribution in [3.05, 3.63) is 17.5 Å². The van der Waals surface area contributed by atoms with E-state index in [0.717, 1.165) is 12.5 Å². The van der Waals surface area contributed by atoms with Crippen LogP contribution in [0.15, 0.2) is 6.20 Å². The van der Waals surface area contributed by atoms with Crippen LogP contribution in [-0.4, -0.2) is 15.8 Å². The van der Waals surface area contributed by atoms with Gasteiger partial charge in [-0.3, -0.25) is 4.68 Å². The van der Waals surface area contributed by atoms with Gasteiger partial charge in [0, 0.05) is 36.8 Å². The Labute approximate surface area is 124 Å². The van der Waals surface area contributed by atoms with E-state index in [1.54, 1.807) is 0 Å². The summed E-state index contributed by atoms with van der Waals surface area (Å²) in [7, 11) is 2.02. The molecule has 1 N–H and O–H groups in total. The third-order valence-electron chi connectivity index (χ3n) is 4.53. The zero-order valence-electron chi connectivity index (χ0n) is 13.9. The third kappa shape index (κ3) is 3.85. The summed E-state index contributed by atoms with van der Waals surface area (Å²) >= 11 is 0. The average molecular weight is 277 g/mol. The van der Waals surface area contributed by atoms with Gasteiger partial charge in [0.1, 0.15) is 0 Å². The number of rotatable bonds is 3. The molecule has 1 aliphatic carbocycles. The highest BCUT2D eigenvalue weighted by molar-refractivity contribution is 5.24. The Bertz CT molecular complexity index is 428. The lowest BCUT2D eigenvalue weighted by Gasteiger charge is -2.24. The molecule has 0 bridgehead atoms. The summed E-state index contributed by atoms with van der Waals surface area (Å²) in [5.41, 5.74) is 2.71. The first kappa shape index (κ1) is 15.6. The summed E-state index contributed by atoms with van der Waals surface area (Å²) in [5.74, 6) is 0.798. The lowest BCUT2D eigenvalue weighted by atomic mass is 9.89. The molecule has 1 heterocycles. The van der Waals surface area contributed by atoms with E-state index in [2.05, 4.69) is 44.3 Å². The second kappa shape index (κ2) is 6.30. The van der Waals surface area contributed by atoms with Crippen LogP contribution in [0, 0.1) is 5.92 Å². The second-order valence-electron chi connectivity index (χ2n) is 7.53. The minimum absolute atomic E-state index is 0.118. The van der Waals surface area contributed by atoms with E-state index >= 15 is 0 Å². The molecule has 0 amide bonds. The summed E-state index contributed by atoms with van der Waals surface area (Å²) in [6, 6.07) is 0.672. The Balaban J connectivity index is 2.03. The Morgan fingerprint density at radius 2 is 1.95 bits per heavy atom. The van der Waals surface area contributed by atoms with Crippen molar-refractivity contribution in [2.45, 2.75) is 77.8 Å². The molecule has 0 radical (unpaired) electrons. The highest BCUT2D eigenvalue weighted by atomic mass is 15.3. The fourth-order valence-electron chi connectivity index (χ4n) is 3.34. The normalized spacial score (nSPS) is 24.6. The lowest BCUT2D eigenvalue weighted by molar-refractivity contribution is 0.355. The van der Waals surface area contributed by atoms with Crippen LogP contribution in [0.1, 0.15) is 71.1 Å². The molecule has 2 atom stereocenters. The first-order valence-corrected chi connectivity index (χ1v) is 8.14. The van der Waals surface area contributed by atoms with Gasteiger partial charge in [-0.05, 0) is 18.8 Å². The zero-order valence-corrected chi connectivity index (χ0v) is 13.9. The highest BCUT2D eigenvalue weighted by Gasteiger charge is 2.24.